The van der Waals surface area contributed by atoms with Crippen LogP contribution in [-0.4, -0.2) is 54.5 Å². The van der Waals surface area contributed by atoms with Gasteiger partial charge in [0.2, 0.25) is 0 Å². The molecule has 1 saturated heterocycles. The molecule has 0 bridgehead atoms. The topological polar surface area (TPSA) is 49.9 Å². The number of carbonyl (C=O) groups is 2. The van der Waals surface area contributed by atoms with Gasteiger partial charge in [0.05, 0.1) is 5.56 Å². The van der Waals surface area contributed by atoms with E-state index in [1.54, 1.807) is 17.0 Å². The van der Waals surface area contributed by atoms with Crippen LogP contribution in [0.1, 0.15) is 21.5 Å². The molecule has 0 spiro atoms. The molecule has 0 radical (unpaired) electrons. The molecule has 0 aromatic heterocycles. The van der Waals surface area contributed by atoms with Gasteiger partial charge in [-0.25, -0.2) is 4.79 Å². The smallest absolute Gasteiger partial charge is 0.338 e. The van der Waals surface area contributed by atoms with Crippen LogP contribution < -0.4 is 0 Å². The van der Waals surface area contributed by atoms with Gasteiger partial charge in [-0.1, -0.05) is 48.0 Å². The van der Waals surface area contributed by atoms with Crippen molar-refractivity contribution >= 4 is 11.9 Å². The van der Waals surface area contributed by atoms with Gasteiger partial charge in [0.1, 0.15) is 0 Å². The third-order valence-electron chi connectivity index (χ3n) is 4.59. The van der Waals surface area contributed by atoms with Crippen molar-refractivity contribution in [3.05, 3.63) is 71.3 Å². The molecule has 1 amide bonds. The standard InChI is InChI=1S/C21H24N2O3/c1-17-7-9-19(10-8-17)21(25)26-16-20(24)23-13-11-22(12-14-23)15-18-5-3-2-4-6-18/h2-10H,11-16H2,1H3. The molecule has 5 heteroatoms. The molecule has 5 nitrogen and oxygen atoms in total. The van der Waals surface area contributed by atoms with E-state index in [0.29, 0.717) is 18.7 Å². The Balaban J connectivity index is 1.42. The van der Waals surface area contributed by atoms with Crippen LogP contribution in [0.3, 0.4) is 0 Å². The van der Waals surface area contributed by atoms with Gasteiger partial charge in [-0.15, -0.1) is 0 Å². The van der Waals surface area contributed by atoms with Crippen molar-refractivity contribution in [3.63, 3.8) is 0 Å². The maximum absolute atomic E-state index is 12.3. The van der Waals surface area contributed by atoms with E-state index in [0.717, 1.165) is 25.2 Å². The summed E-state index contributed by atoms with van der Waals surface area (Å²) >= 11 is 0. The molecule has 0 unspecified atom stereocenters. The van der Waals surface area contributed by atoms with Crippen molar-refractivity contribution in [2.75, 3.05) is 32.8 Å². The zero-order valence-electron chi connectivity index (χ0n) is 15.1. The van der Waals surface area contributed by atoms with Crippen molar-refractivity contribution in [2.24, 2.45) is 0 Å². The lowest BCUT2D eigenvalue weighted by molar-refractivity contribution is -0.136. The average molecular weight is 352 g/mol. The Morgan fingerprint density at radius 3 is 2.23 bits per heavy atom. The number of esters is 1. The van der Waals surface area contributed by atoms with Crippen LogP contribution in [0.5, 0.6) is 0 Å². The highest BCUT2D eigenvalue weighted by Gasteiger charge is 2.22. The second-order valence-corrected chi connectivity index (χ2v) is 6.58. The molecule has 3 rings (SSSR count). The lowest BCUT2D eigenvalue weighted by Crippen LogP contribution is -2.49. The van der Waals surface area contributed by atoms with Crippen LogP contribution in [0, 0.1) is 6.92 Å². The highest BCUT2D eigenvalue weighted by Crippen LogP contribution is 2.09. The zero-order valence-corrected chi connectivity index (χ0v) is 15.1. The number of aryl methyl sites for hydroxylation is 1. The number of piperazine rings is 1. The van der Waals surface area contributed by atoms with Crippen molar-refractivity contribution in [3.8, 4) is 0 Å². The second-order valence-electron chi connectivity index (χ2n) is 6.58. The molecular formula is C21H24N2O3. The minimum absolute atomic E-state index is 0.134. The van der Waals surface area contributed by atoms with Crippen LogP contribution in [0.2, 0.25) is 0 Å². The Kier molecular flexibility index (Phi) is 6.02. The molecule has 1 aliphatic heterocycles. The fraction of sp³-hybridized carbons (Fsp3) is 0.333. The van der Waals surface area contributed by atoms with Crippen LogP contribution in [-0.2, 0) is 16.1 Å². The van der Waals surface area contributed by atoms with Crippen LogP contribution >= 0.6 is 0 Å². The zero-order chi connectivity index (χ0) is 18.4. The molecule has 0 saturated carbocycles. The number of benzene rings is 2. The summed E-state index contributed by atoms with van der Waals surface area (Å²) in [5.41, 5.74) is 2.82. The summed E-state index contributed by atoms with van der Waals surface area (Å²) in [5.74, 6) is -0.592. The molecule has 2 aromatic carbocycles. The summed E-state index contributed by atoms with van der Waals surface area (Å²) in [6, 6.07) is 17.4. The van der Waals surface area contributed by atoms with Crippen molar-refractivity contribution in [1.82, 2.24) is 9.80 Å². The predicted octanol–water partition coefficient (Wildman–Crippen LogP) is 2.50. The highest BCUT2D eigenvalue weighted by atomic mass is 16.5. The molecule has 26 heavy (non-hydrogen) atoms. The fourth-order valence-electron chi connectivity index (χ4n) is 2.99. The number of nitrogens with zero attached hydrogens (tertiary/aromatic N) is 2. The molecule has 1 heterocycles. The van der Waals surface area contributed by atoms with Gasteiger partial charge in [-0.05, 0) is 24.6 Å². The maximum atomic E-state index is 12.3. The Hall–Kier alpha value is -2.66. The summed E-state index contributed by atoms with van der Waals surface area (Å²) < 4.78 is 5.16. The number of hydrogen-bond acceptors (Lipinski definition) is 4. The number of rotatable bonds is 5. The van der Waals surface area contributed by atoms with Crippen molar-refractivity contribution < 1.29 is 14.3 Å². The molecular weight excluding hydrogens is 328 g/mol. The Morgan fingerprint density at radius 2 is 1.58 bits per heavy atom. The molecule has 1 aliphatic rings. The summed E-state index contributed by atoms with van der Waals surface area (Å²) in [7, 11) is 0. The molecule has 2 aromatic rings. The Morgan fingerprint density at radius 1 is 0.923 bits per heavy atom. The number of amides is 1. The second kappa shape index (κ2) is 8.63. The van der Waals surface area contributed by atoms with Crippen molar-refractivity contribution in [2.45, 2.75) is 13.5 Å². The Bertz CT molecular complexity index is 736. The molecule has 0 N–H and O–H groups in total. The summed E-state index contributed by atoms with van der Waals surface area (Å²) in [5, 5.41) is 0. The predicted molar refractivity (Wildman–Crippen MR) is 99.8 cm³/mol. The lowest BCUT2D eigenvalue weighted by atomic mass is 10.1. The average Bonchev–Trinajstić information content (AvgIpc) is 2.68. The Labute approximate surface area is 154 Å². The first-order valence-corrected chi connectivity index (χ1v) is 8.89. The quantitative estimate of drug-likeness (QED) is 0.776. The number of ether oxygens (including phenoxy) is 1. The van der Waals surface area contributed by atoms with Gasteiger partial charge < -0.3 is 9.64 Å². The molecule has 1 fully saturated rings. The van der Waals surface area contributed by atoms with Crippen LogP contribution in [0.4, 0.5) is 0 Å². The van der Waals surface area contributed by atoms with Gasteiger partial charge in [-0.3, -0.25) is 9.69 Å². The van der Waals surface area contributed by atoms with Crippen molar-refractivity contribution in [1.29, 1.82) is 0 Å². The van der Waals surface area contributed by atoms with E-state index in [-0.39, 0.29) is 12.5 Å². The first-order valence-electron chi connectivity index (χ1n) is 8.89. The number of carbonyl (C=O) groups excluding carboxylic acids is 2. The third kappa shape index (κ3) is 4.92. The summed E-state index contributed by atoms with van der Waals surface area (Å²) in [6.45, 7) is 5.62. The van der Waals surface area contributed by atoms with Crippen LogP contribution in [0.15, 0.2) is 54.6 Å². The van der Waals surface area contributed by atoms with E-state index in [9.17, 15) is 9.59 Å². The van der Waals surface area contributed by atoms with Gasteiger partial charge in [0, 0.05) is 32.7 Å². The minimum atomic E-state index is -0.457. The van der Waals surface area contributed by atoms with E-state index in [1.165, 1.54) is 5.56 Å². The first kappa shape index (κ1) is 18.1. The van der Waals surface area contributed by atoms with E-state index in [1.807, 2.05) is 37.3 Å². The third-order valence-corrected chi connectivity index (χ3v) is 4.59. The first-order chi connectivity index (χ1) is 12.6. The largest absolute Gasteiger partial charge is 0.452 e. The maximum Gasteiger partial charge on any atom is 0.338 e. The molecule has 0 atom stereocenters. The van der Waals surface area contributed by atoms with E-state index >= 15 is 0 Å². The SMILES string of the molecule is Cc1ccc(C(=O)OCC(=O)N2CCN(Cc3ccccc3)CC2)cc1. The highest BCUT2D eigenvalue weighted by molar-refractivity contribution is 5.91. The van der Waals surface area contributed by atoms with Gasteiger partial charge >= 0.3 is 5.97 Å². The van der Waals surface area contributed by atoms with Gasteiger partial charge in [0.15, 0.2) is 6.61 Å². The summed E-state index contributed by atoms with van der Waals surface area (Å²) in [6.07, 6.45) is 0. The van der Waals surface area contributed by atoms with Crippen LogP contribution in [0.25, 0.3) is 0 Å². The van der Waals surface area contributed by atoms with E-state index in [2.05, 4.69) is 17.0 Å². The lowest BCUT2D eigenvalue weighted by Gasteiger charge is -2.34. The monoisotopic (exact) mass is 352 g/mol. The number of hydrogen-bond donors (Lipinski definition) is 0. The molecule has 136 valence electrons. The summed E-state index contributed by atoms with van der Waals surface area (Å²) in [4.78, 5) is 28.4. The minimum Gasteiger partial charge on any atom is -0.452 e. The van der Waals surface area contributed by atoms with E-state index < -0.39 is 5.97 Å². The van der Waals surface area contributed by atoms with Gasteiger partial charge in [0.25, 0.3) is 5.91 Å². The molecule has 0 aliphatic carbocycles. The van der Waals surface area contributed by atoms with Gasteiger partial charge in [-0.2, -0.15) is 0 Å². The normalized spacial score (nSPS) is 14.9. The fourth-order valence-corrected chi connectivity index (χ4v) is 2.99. The van der Waals surface area contributed by atoms with E-state index in [4.69, 9.17) is 4.74 Å².